The third-order valence-corrected chi connectivity index (χ3v) is 2.96. The lowest BCUT2D eigenvalue weighted by Gasteiger charge is -2.23. The fraction of sp³-hybridized carbons (Fsp3) is 0.667. The van der Waals surface area contributed by atoms with Crippen LogP contribution in [0.25, 0.3) is 0 Å². The van der Waals surface area contributed by atoms with Crippen molar-refractivity contribution < 1.29 is 18.0 Å². The number of alkyl halides is 3. The average molecular weight is 329 g/mol. The first kappa shape index (κ1) is 19.7. The van der Waals surface area contributed by atoms with Gasteiger partial charge in [-0.15, -0.1) is 12.4 Å². The molecule has 1 aromatic rings. The first-order chi connectivity index (χ1) is 9.04. The molecule has 0 saturated heterocycles. The molecule has 1 atom stereocenters. The highest BCUT2D eigenvalue weighted by Crippen LogP contribution is 2.31. The van der Waals surface area contributed by atoms with Crippen molar-refractivity contribution >= 4 is 18.3 Å². The van der Waals surface area contributed by atoms with Gasteiger partial charge in [-0.25, -0.2) is 0 Å². The van der Waals surface area contributed by atoms with Gasteiger partial charge in [0.05, 0.1) is 6.04 Å². The molecule has 0 spiro atoms. The summed E-state index contributed by atoms with van der Waals surface area (Å²) in [7, 11) is 2.83. The summed E-state index contributed by atoms with van der Waals surface area (Å²) in [6.45, 7) is 3.38. The quantitative estimate of drug-likeness (QED) is 0.916. The zero-order valence-corrected chi connectivity index (χ0v) is 13.1. The Balaban J connectivity index is 0.00000400. The number of likely N-dealkylation sites (N-methyl/N-ethyl adjacent to an activating group) is 1. The number of rotatable bonds is 4. The van der Waals surface area contributed by atoms with Crippen LogP contribution in [0.3, 0.4) is 0 Å². The van der Waals surface area contributed by atoms with E-state index in [2.05, 4.69) is 5.10 Å². The molecule has 0 aromatic carbocycles. The van der Waals surface area contributed by atoms with Crippen LogP contribution < -0.4 is 5.73 Å². The highest BCUT2D eigenvalue weighted by molar-refractivity contribution is 5.85. The number of amides is 1. The van der Waals surface area contributed by atoms with E-state index in [0.29, 0.717) is 0 Å². The van der Waals surface area contributed by atoms with Crippen molar-refractivity contribution in [1.82, 2.24) is 14.7 Å². The molecule has 1 aromatic heterocycles. The van der Waals surface area contributed by atoms with Crippen LogP contribution in [0.5, 0.6) is 0 Å². The van der Waals surface area contributed by atoms with Crippen molar-refractivity contribution in [3.05, 3.63) is 17.5 Å². The molecule has 0 aliphatic rings. The maximum atomic E-state index is 12.8. The normalized spacial score (nSPS) is 13.0. The van der Waals surface area contributed by atoms with E-state index in [1.54, 1.807) is 13.8 Å². The van der Waals surface area contributed by atoms with Gasteiger partial charge >= 0.3 is 6.18 Å². The van der Waals surface area contributed by atoms with E-state index in [4.69, 9.17) is 5.73 Å². The second kappa shape index (κ2) is 7.13. The van der Waals surface area contributed by atoms with Crippen molar-refractivity contribution in [1.29, 1.82) is 0 Å². The van der Waals surface area contributed by atoms with Crippen molar-refractivity contribution in [3.63, 3.8) is 0 Å². The summed E-state index contributed by atoms with van der Waals surface area (Å²) in [4.78, 5) is 13.1. The van der Waals surface area contributed by atoms with Gasteiger partial charge in [0.1, 0.15) is 0 Å². The van der Waals surface area contributed by atoms with Crippen molar-refractivity contribution in [3.8, 4) is 0 Å². The molecule has 0 aliphatic carbocycles. The molecular weight excluding hydrogens is 309 g/mol. The lowest BCUT2D eigenvalue weighted by Crippen LogP contribution is -2.44. The van der Waals surface area contributed by atoms with Gasteiger partial charge in [0, 0.05) is 32.4 Å². The number of nitrogens with zero attached hydrogens (tertiary/aromatic N) is 3. The van der Waals surface area contributed by atoms with E-state index in [1.165, 1.54) is 25.2 Å². The molecule has 1 rings (SSSR count). The Bertz CT molecular complexity index is 487. The monoisotopic (exact) mass is 328 g/mol. The third kappa shape index (κ3) is 4.89. The fourth-order valence-electron chi connectivity index (χ4n) is 1.77. The van der Waals surface area contributed by atoms with E-state index in [-0.39, 0.29) is 30.4 Å². The predicted octanol–water partition coefficient (Wildman–Crippen LogP) is 1.80. The maximum Gasteiger partial charge on any atom is 0.435 e. The average Bonchev–Trinajstić information content (AvgIpc) is 2.67. The summed E-state index contributed by atoms with van der Waals surface area (Å²) in [5.41, 5.74) is 4.69. The third-order valence-electron chi connectivity index (χ3n) is 2.96. The van der Waals surface area contributed by atoms with E-state index < -0.39 is 23.8 Å². The lowest BCUT2D eigenvalue weighted by molar-refractivity contribution is -0.143. The molecule has 0 unspecified atom stereocenters. The number of carbonyl (C=O) groups excluding carboxylic acids is 1. The molecule has 0 aliphatic heterocycles. The summed E-state index contributed by atoms with van der Waals surface area (Å²) in [5, 5.41) is 3.40. The van der Waals surface area contributed by atoms with Crippen LogP contribution in [0, 0.1) is 5.92 Å². The zero-order valence-electron chi connectivity index (χ0n) is 12.3. The molecule has 9 heteroatoms. The number of aryl methyl sites for hydroxylation is 1. The standard InChI is InChI=1S/C12H19F3N4O.ClH/c1-7(2)9(16)11(20)18(3)5-8-6-19(4)17-10(8)12(13,14)15;/h6-7,9H,5,16H2,1-4H3;1H/t9-;/m0./s1. The topological polar surface area (TPSA) is 64.2 Å². The van der Waals surface area contributed by atoms with Gasteiger partial charge in [-0.05, 0) is 5.92 Å². The van der Waals surface area contributed by atoms with Crippen molar-refractivity contribution in [2.75, 3.05) is 7.05 Å². The molecule has 0 saturated carbocycles. The van der Waals surface area contributed by atoms with Gasteiger partial charge in [-0.1, -0.05) is 13.8 Å². The zero-order chi connectivity index (χ0) is 15.7. The van der Waals surface area contributed by atoms with Gasteiger partial charge in [-0.2, -0.15) is 18.3 Å². The maximum absolute atomic E-state index is 12.8. The first-order valence-electron chi connectivity index (χ1n) is 6.14. The van der Waals surface area contributed by atoms with Crippen molar-refractivity contribution in [2.24, 2.45) is 18.7 Å². The fourth-order valence-corrected chi connectivity index (χ4v) is 1.77. The van der Waals surface area contributed by atoms with E-state index >= 15 is 0 Å². The molecule has 21 heavy (non-hydrogen) atoms. The van der Waals surface area contributed by atoms with Crippen LogP contribution in [0.15, 0.2) is 6.20 Å². The van der Waals surface area contributed by atoms with E-state index in [9.17, 15) is 18.0 Å². The minimum absolute atomic E-state index is 0. The van der Waals surface area contributed by atoms with Crippen LogP contribution >= 0.6 is 12.4 Å². The lowest BCUT2D eigenvalue weighted by atomic mass is 10.0. The summed E-state index contributed by atoms with van der Waals surface area (Å²) < 4.78 is 39.5. The highest BCUT2D eigenvalue weighted by atomic mass is 35.5. The molecule has 1 amide bonds. The predicted molar refractivity (Wildman–Crippen MR) is 74.7 cm³/mol. The van der Waals surface area contributed by atoms with E-state index in [1.807, 2.05) is 0 Å². The molecule has 122 valence electrons. The first-order valence-corrected chi connectivity index (χ1v) is 6.14. The van der Waals surface area contributed by atoms with Gasteiger partial charge in [-0.3, -0.25) is 9.48 Å². The SMILES string of the molecule is CC(C)[C@H](N)C(=O)N(C)Cc1cn(C)nc1C(F)(F)F.Cl. The van der Waals surface area contributed by atoms with Crippen LogP contribution in [-0.2, 0) is 24.6 Å². The number of halogens is 4. The molecule has 0 radical (unpaired) electrons. The van der Waals surface area contributed by atoms with Gasteiger partial charge in [0.15, 0.2) is 5.69 Å². The molecule has 0 bridgehead atoms. The number of carbonyl (C=O) groups is 1. The molecule has 0 fully saturated rings. The Hall–Kier alpha value is -1.28. The minimum Gasteiger partial charge on any atom is -0.340 e. The largest absolute Gasteiger partial charge is 0.435 e. The summed E-state index contributed by atoms with van der Waals surface area (Å²) in [6, 6.07) is -0.731. The highest BCUT2D eigenvalue weighted by Gasteiger charge is 2.37. The number of nitrogens with two attached hydrogens (primary N) is 1. The summed E-state index contributed by atoms with van der Waals surface area (Å²) in [6.07, 6.45) is -3.28. The number of hydrogen-bond acceptors (Lipinski definition) is 3. The Morgan fingerprint density at radius 2 is 2.00 bits per heavy atom. The van der Waals surface area contributed by atoms with Crippen molar-refractivity contribution in [2.45, 2.75) is 32.6 Å². The summed E-state index contributed by atoms with van der Waals surface area (Å²) in [5.74, 6) is -0.474. The Kier molecular flexibility index (Phi) is 6.69. The van der Waals surface area contributed by atoms with Crippen LogP contribution in [0.1, 0.15) is 25.1 Å². The Labute approximate surface area is 127 Å². The summed E-state index contributed by atoms with van der Waals surface area (Å²) >= 11 is 0. The number of hydrogen-bond donors (Lipinski definition) is 1. The van der Waals surface area contributed by atoms with Crippen LogP contribution in [0.2, 0.25) is 0 Å². The second-order valence-corrected chi connectivity index (χ2v) is 5.14. The van der Waals surface area contributed by atoms with Crippen LogP contribution in [-0.4, -0.2) is 33.7 Å². The molecule has 1 heterocycles. The second-order valence-electron chi connectivity index (χ2n) is 5.14. The Morgan fingerprint density at radius 3 is 2.43 bits per heavy atom. The van der Waals surface area contributed by atoms with Gasteiger partial charge in [0.2, 0.25) is 5.91 Å². The Morgan fingerprint density at radius 1 is 1.48 bits per heavy atom. The molecular formula is C12H20ClF3N4O. The van der Waals surface area contributed by atoms with Crippen LogP contribution in [0.4, 0.5) is 13.2 Å². The van der Waals surface area contributed by atoms with Gasteiger partial charge < -0.3 is 10.6 Å². The van der Waals surface area contributed by atoms with Gasteiger partial charge in [0.25, 0.3) is 0 Å². The molecule has 5 nitrogen and oxygen atoms in total. The minimum atomic E-state index is -4.54. The number of aromatic nitrogens is 2. The molecule has 2 N–H and O–H groups in total. The smallest absolute Gasteiger partial charge is 0.340 e. The van der Waals surface area contributed by atoms with E-state index in [0.717, 1.165) is 4.68 Å².